The van der Waals surface area contributed by atoms with E-state index in [9.17, 15) is 0 Å². The van der Waals surface area contributed by atoms with Crippen LogP contribution in [-0.4, -0.2) is 11.4 Å². The van der Waals surface area contributed by atoms with E-state index in [0.29, 0.717) is 16.6 Å². The zero-order valence-electron chi connectivity index (χ0n) is 8.03. The summed E-state index contributed by atoms with van der Waals surface area (Å²) in [4.78, 5) is 1.04. The van der Waals surface area contributed by atoms with E-state index in [1.54, 1.807) is 17.8 Å². The Morgan fingerprint density at radius 3 is 2.73 bits per heavy atom. The van der Waals surface area contributed by atoms with Gasteiger partial charge in [0.15, 0.2) is 0 Å². The summed E-state index contributed by atoms with van der Waals surface area (Å²) in [6.07, 6.45) is 1.98. The Morgan fingerprint density at radius 1 is 1.40 bits per heavy atom. The van der Waals surface area contributed by atoms with Gasteiger partial charge in [-0.2, -0.15) is 0 Å². The lowest BCUT2D eigenvalue weighted by Gasteiger charge is -2.01. The molecule has 0 bridgehead atoms. The van der Waals surface area contributed by atoms with Gasteiger partial charge in [-0.15, -0.1) is 11.8 Å². The van der Waals surface area contributed by atoms with Crippen LogP contribution in [0, 0.1) is 0 Å². The molecule has 0 atom stereocenters. The highest BCUT2D eigenvalue weighted by molar-refractivity contribution is 7.98. The van der Waals surface area contributed by atoms with E-state index in [0.717, 1.165) is 10.5 Å². The molecule has 0 fully saturated rings. The van der Waals surface area contributed by atoms with Gasteiger partial charge in [0.25, 0.3) is 0 Å². The van der Waals surface area contributed by atoms with Gasteiger partial charge >= 0.3 is 0 Å². The van der Waals surface area contributed by atoms with Crippen LogP contribution in [0.25, 0.3) is 11.3 Å². The van der Waals surface area contributed by atoms with Crippen LogP contribution in [-0.2, 0) is 0 Å². The molecule has 3 nitrogen and oxygen atoms in total. The maximum Gasteiger partial charge on any atom is 0.222 e. The average Bonchev–Trinajstić information content (AvgIpc) is 2.65. The molecule has 5 heteroatoms. The Morgan fingerprint density at radius 2 is 2.20 bits per heavy atom. The molecule has 0 unspecified atom stereocenters. The minimum Gasteiger partial charge on any atom is -0.368 e. The molecule has 1 aromatic carbocycles. The summed E-state index contributed by atoms with van der Waals surface area (Å²) in [6.45, 7) is 0. The van der Waals surface area contributed by atoms with Crippen LogP contribution in [0.1, 0.15) is 0 Å². The van der Waals surface area contributed by atoms with Gasteiger partial charge < -0.3 is 10.3 Å². The quantitative estimate of drug-likeness (QED) is 0.819. The van der Waals surface area contributed by atoms with E-state index in [4.69, 9.17) is 21.9 Å². The first-order chi connectivity index (χ1) is 7.20. The minimum atomic E-state index is 0.301. The second kappa shape index (κ2) is 4.16. The second-order valence-corrected chi connectivity index (χ2v) is 4.22. The summed E-state index contributed by atoms with van der Waals surface area (Å²) in [6, 6.07) is 7.41. The fourth-order valence-electron chi connectivity index (χ4n) is 1.25. The number of benzene rings is 1. The number of hydrogen-bond acceptors (Lipinski definition) is 4. The monoisotopic (exact) mass is 240 g/mol. The van der Waals surface area contributed by atoms with E-state index in [1.165, 1.54) is 0 Å². The summed E-state index contributed by atoms with van der Waals surface area (Å²) in [5.74, 6) is 0.301. The molecule has 0 aliphatic rings. The van der Waals surface area contributed by atoms with Crippen LogP contribution < -0.4 is 5.73 Å². The van der Waals surface area contributed by atoms with Crippen molar-refractivity contribution in [1.29, 1.82) is 0 Å². The highest BCUT2D eigenvalue weighted by atomic mass is 35.5. The van der Waals surface area contributed by atoms with Crippen LogP contribution in [0.3, 0.4) is 0 Å². The maximum absolute atomic E-state index is 6.08. The number of anilines is 1. The van der Waals surface area contributed by atoms with Crippen molar-refractivity contribution in [3.05, 3.63) is 29.3 Å². The van der Waals surface area contributed by atoms with E-state index in [2.05, 4.69) is 5.16 Å². The SMILES string of the molecule is CSc1ccc(-c2cc(N)on2)cc1Cl. The molecule has 0 aliphatic heterocycles. The number of rotatable bonds is 2. The number of aromatic nitrogens is 1. The van der Waals surface area contributed by atoms with E-state index >= 15 is 0 Å². The van der Waals surface area contributed by atoms with Crippen molar-refractivity contribution >= 4 is 29.2 Å². The molecule has 2 rings (SSSR count). The summed E-state index contributed by atoms with van der Waals surface area (Å²) in [5.41, 5.74) is 7.04. The molecule has 0 saturated carbocycles. The van der Waals surface area contributed by atoms with E-state index in [-0.39, 0.29) is 0 Å². The van der Waals surface area contributed by atoms with Crippen LogP contribution in [0.4, 0.5) is 5.88 Å². The zero-order valence-corrected chi connectivity index (χ0v) is 9.60. The van der Waals surface area contributed by atoms with Gasteiger partial charge in [-0.25, -0.2) is 0 Å². The smallest absolute Gasteiger partial charge is 0.222 e. The van der Waals surface area contributed by atoms with Crippen molar-refractivity contribution < 1.29 is 4.52 Å². The average molecular weight is 241 g/mol. The van der Waals surface area contributed by atoms with E-state index in [1.807, 2.05) is 24.5 Å². The largest absolute Gasteiger partial charge is 0.368 e. The zero-order chi connectivity index (χ0) is 10.8. The molecule has 2 N–H and O–H groups in total. The first-order valence-corrected chi connectivity index (χ1v) is 5.87. The van der Waals surface area contributed by atoms with Gasteiger partial charge in [-0.05, 0) is 18.4 Å². The Kier molecular flexibility index (Phi) is 2.88. The molecular weight excluding hydrogens is 232 g/mol. The lowest BCUT2D eigenvalue weighted by atomic mass is 10.1. The molecular formula is C10H9ClN2OS. The molecule has 0 saturated heterocycles. The highest BCUT2D eigenvalue weighted by Gasteiger charge is 2.06. The first kappa shape index (κ1) is 10.4. The van der Waals surface area contributed by atoms with Gasteiger partial charge in [0.1, 0.15) is 5.69 Å². The van der Waals surface area contributed by atoms with Crippen molar-refractivity contribution in [1.82, 2.24) is 5.16 Å². The normalized spacial score (nSPS) is 10.5. The van der Waals surface area contributed by atoms with Gasteiger partial charge in [0, 0.05) is 16.5 Å². The first-order valence-electron chi connectivity index (χ1n) is 4.27. The van der Waals surface area contributed by atoms with Gasteiger partial charge in [-0.1, -0.05) is 22.8 Å². The molecule has 15 heavy (non-hydrogen) atoms. The second-order valence-electron chi connectivity index (χ2n) is 2.96. The van der Waals surface area contributed by atoms with Crippen molar-refractivity contribution in [2.75, 3.05) is 12.0 Å². The van der Waals surface area contributed by atoms with Crippen LogP contribution in [0.5, 0.6) is 0 Å². The number of thioether (sulfide) groups is 1. The standard InChI is InChI=1S/C10H9ClN2OS/c1-15-9-3-2-6(4-7(9)11)8-5-10(12)14-13-8/h2-5H,12H2,1H3. The predicted octanol–water partition coefficient (Wildman–Crippen LogP) is 3.30. The maximum atomic E-state index is 6.08. The number of nitrogen functional groups attached to an aromatic ring is 1. The third-order valence-electron chi connectivity index (χ3n) is 1.98. The van der Waals surface area contributed by atoms with Crippen molar-refractivity contribution in [2.45, 2.75) is 4.90 Å². The van der Waals surface area contributed by atoms with Gasteiger partial charge in [0.2, 0.25) is 5.88 Å². The Labute approximate surface area is 96.6 Å². The van der Waals surface area contributed by atoms with Crippen LogP contribution >= 0.6 is 23.4 Å². The molecule has 78 valence electrons. The Bertz CT molecular complexity index is 484. The van der Waals surface area contributed by atoms with Gasteiger partial charge in [-0.3, -0.25) is 0 Å². The number of halogens is 1. The fraction of sp³-hybridized carbons (Fsp3) is 0.100. The molecule has 1 aromatic heterocycles. The molecule has 0 aliphatic carbocycles. The lowest BCUT2D eigenvalue weighted by Crippen LogP contribution is -1.79. The Balaban J connectivity index is 2.42. The number of nitrogens with two attached hydrogens (primary N) is 1. The molecule has 2 aromatic rings. The van der Waals surface area contributed by atoms with Crippen LogP contribution in [0.15, 0.2) is 33.7 Å². The third-order valence-corrected chi connectivity index (χ3v) is 3.20. The molecule has 0 spiro atoms. The lowest BCUT2D eigenvalue weighted by molar-refractivity contribution is 0.439. The summed E-state index contributed by atoms with van der Waals surface area (Å²) in [7, 11) is 0. The number of hydrogen-bond donors (Lipinski definition) is 1. The van der Waals surface area contributed by atoms with Crippen molar-refractivity contribution in [2.24, 2.45) is 0 Å². The third kappa shape index (κ3) is 2.11. The van der Waals surface area contributed by atoms with Crippen molar-refractivity contribution in [3.8, 4) is 11.3 Å². The van der Waals surface area contributed by atoms with E-state index < -0.39 is 0 Å². The summed E-state index contributed by atoms with van der Waals surface area (Å²) in [5, 5.41) is 4.53. The summed E-state index contributed by atoms with van der Waals surface area (Å²) < 4.78 is 4.79. The topological polar surface area (TPSA) is 52.0 Å². The highest BCUT2D eigenvalue weighted by Crippen LogP contribution is 2.30. The molecule has 0 radical (unpaired) electrons. The molecule has 0 amide bonds. The minimum absolute atomic E-state index is 0.301. The van der Waals surface area contributed by atoms with Crippen molar-refractivity contribution in [3.63, 3.8) is 0 Å². The van der Waals surface area contributed by atoms with Gasteiger partial charge in [0.05, 0.1) is 5.02 Å². The Hall–Kier alpha value is -1.13. The molecule has 1 heterocycles. The predicted molar refractivity (Wildman–Crippen MR) is 63.1 cm³/mol. The number of nitrogens with zero attached hydrogens (tertiary/aromatic N) is 1. The van der Waals surface area contributed by atoms with Crippen LogP contribution in [0.2, 0.25) is 5.02 Å². The fourth-order valence-corrected chi connectivity index (χ4v) is 2.12. The summed E-state index contributed by atoms with van der Waals surface area (Å²) >= 11 is 7.68.